The van der Waals surface area contributed by atoms with Crippen molar-refractivity contribution in [3.63, 3.8) is 0 Å². The van der Waals surface area contributed by atoms with Gasteiger partial charge >= 0.3 is 0 Å². The third-order valence-electron chi connectivity index (χ3n) is 3.90. The summed E-state index contributed by atoms with van der Waals surface area (Å²) in [6.45, 7) is -0.0613. The molecule has 2 aromatic carbocycles. The Morgan fingerprint density at radius 3 is 2.67 bits per heavy atom. The molecule has 0 aromatic heterocycles. The number of nitro benzene ring substituents is 1. The number of amides is 1. The van der Waals surface area contributed by atoms with E-state index in [9.17, 15) is 23.3 Å². The smallest absolute Gasteiger partial charge is 0.271 e. The number of nitro groups is 1. The molecule has 0 bridgehead atoms. The Hall–Kier alpha value is -3.18. The van der Waals surface area contributed by atoms with E-state index < -0.39 is 14.9 Å². The summed E-state index contributed by atoms with van der Waals surface area (Å²) in [6.07, 6.45) is 0.0822. The van der Waals surface area contributed by atoms with Gasteiger partial charge in [0.05, 0.1) is 34.2 Å². The fourth-order valence-electron chi connectivity index (χ4n) is 2.65. The van der Waals surface area contributed by atoms with Gasteiger partial charge in [-0.1, -0.05) is 0 Å². The summed E-state index contributed by atoms with van der Waals surface area (Å²) in [5.41, 5.74) is 1.09. The fourth-order valence-corrected chi connectivity index (χ4v) is 3.77. The number of aliphatic hydroxyl groups excluding tert-OH is 1. The Morgan fingerprint density at radius 2 is 1.96 bits per heavy atom. The monoisotopic (exact) mass is 392 g/mol. The molecule has 0 saturated heterocycles. The lowest BCUT2D eigenvalue weighted by Crippen LogP contribution is -2.16. The van der Waals surface area contributed by atoms with Crippen molar-refractivity contribution in [2.24, 2.45) is 0 Å². The molecular formula is C16H16N4O6S. The number of nitrogens with zero attached hydrogens (tertiary/aromatic N) is 1. The molecule has 0 spiro atoms. The molecule has 1 heterocycles. The maximum Gasteiger partial charge on any atom is 0.271 e. The van der Waals surface area contributed by atoms with Crippen LogP contribution in [0.1, 0.15) is 5.56 Å². The third kappa shape index (κ3) is 3.99. The number of hydrogen-bond acceptors (Lipinski definition) is 7. The van der Waals surface area contributed by atoms with E-state index in [1.54, 1.807) is 0 Å². The topological polar surface area (TPSA) is 151 Å². The molecule has 0 saturated carbocycles. The number of fused-ring (bicyclic) bond motifs is 1. The van der Waals surface area contributed by atoms with Gasteiger partial charge in [-0.3, -0.25) is 19.6 Å². The number of benzene rings is 2. The number of rotatable bonds is 7. The van der Waals surface area contributed by atoms with Crippen LogP contribution in [0.5, 0.6) is 0 Å². The SMILES string of the molecule is O=C1Cc2cc(S(=O)(=O)Nc3cc([N+](=O)[O-])ccc3NCCO)ccc2N1. The second-order valence-corrected chi connectivity index (χ2v) is 7.47. The van der Waals surface area contributed by atoms with Gasteiger partial charge in [0.1, 0.15) is 0 Å². The molecule has 0 atom stereocenters. The van der Waals surface area contributed by atoms with Crippen LogP contribution < -0.4 is 15.4 Å². The molecule has 1 aliphatic rings. The second kappa shape index (κ2) is 7.21. The molecule has 2 aromatic rings. The van der Waals surface area contributed by atoms with Gasteiger partial charge < -0.3 is 15.7 Å². The van der Waals surface area contributed by atoms with Crippen LogP contribution in [-0.2, 0) is 21.2 Å². The Balaban J connectivity index is 1.95. The lowest BCUT2D eigenvalue weighted by Gasteiger charge is -2.14. The molecule has 0 aliphatic carbocycles. The zero-order chi connectivity index (χ0) is 19.6. The molecular weight excluding hydrogens is 376 g/mol. The first-order chi connectivity index (χ1) is 12.8. The standard InChI is InChI=1S/C16H16N4O6S/c21-6-5-17-14-3-1-11(20(23)24)9-15(14)19-27(25,26)12-2-4-13-10(7-12)8-16(22)18-13/h1-4,7,9,17,19,21H,5-6,8H2,(H,18,22). The van der Waals surface area contributed by atoms with Gasteiger partial charge in [-0.05, 0) is 29.8 Å². The number of carbonyl (C=O) groups is 1. The summed E-state index contributed by atoms with van der Waals surface area (Å²) in [5.74, 6) is -0.221. The summed E-state index contributed by atoms with van der Waals surface area (Å²) in [4.78, 5) is 21.7. The van der Waals surface area contributed by atoms with Crippen LogP contribution in [0.4, 0.5) is 22.7 Å². The van der Waals surface area contributed by atoms with Gasteiger partial charge in [0.25, 0.3) is 15.7 Å². The molecule has 1 aliphatic heterocycles. The van der Waals surface area contributed by atoms with Gasteiger partial charge in [-0.25, -0.2) is 8.42 Å². The molecule has 27 heavy (non-hydrogen) atoms. The maximum absolute atomic E-state index is 12.7. The van der Waals surface area contributed by atoms with Crippen LogP contribution in [0, 0.1) is 10.1 Å². The summed E-state index contributed by atoms with van der Waals surface area (Å²) in [6, 6.07) is 7.89. The second-order valence-electron chi connectivity index (χ2n) is 5.79. The van der Waals surface area contributed by atoms with Crippen LogP contribution in [0.25, 0.3) is 0 Å². The van der Waals surface area contributed by atoms with Crippen molar-refractivity contribution in [3.05, 3.63) is 52.1 Å². The van der Waals surface area contributed by atoms with Crippen LogP contribution in [0.15, 0.2) is 41.3 Å². The lowest BCUT2D eigenvalue weighted by molar-refractivity contribution is -0.384. The highest BCUT2D eigenvalue weighted by molar-refractivity contribution is 7.92. The van der Waals surface area contributed by atoms with E-state index in [1.165, 1.54) is 30.3 Å². The van der Waals surface area contributed by atoms with E-state index in [0.717, 1.165) is 6.07 Å². The quantitative estimate of drug-likeness (QED) is 0.409. The van der Waals surface area contributed by atoms with Gasteiger partial charge in [-0.2, -0.15) is 0 Å². The first-order valence-electron chi connectivity index (χ1n) is 7.89. The van der Waals surface area contributed by atoms with Crippen LogP contribution in [-0.4, -0.2) is 37.5 Å². The van der Waals surface area contributed by atoms with E-state index in [2.05, 4.69) is 15.4 Å². The number of non-ortho nitro benzene ring substituents is 1. The van der Waals surface area contributed by atoms with Crippen LogP contribution in [0.3, 0.4) is 0 Å². The van der Waals surface area contributed by atoms with Crippen molar-refractivity contribution < 1.29 is 23.2 Å². The van der Waals surface area contributed by atoms with Gasteiger partial charge in [0, 0.05) is 24.4 Å². The maximum atomic E-state index is 12.7. The van der Waals surface area contributed by atoms with E-state index in [0.29, 0.717) is 11.3 Å². The highest BCUT2D eigenvalue weighted by atomic mass is 32.2. The average molecular weight is 392 g/mol. The number of anilines is 3. The van der Waals surface area contributed by atoms with Crippen molar-refractivity contribution >= 4 is 38.7 Å². The molecule has 142 valence electrons. The minimum atomic E-state index is -4.06. The Kier molecular flexibility index (Phi) is 4.97. The van der Waals surface area contributed by atoms with E-state index in [-0.39, 0.29) is 47.4 Å². The molecule has 1 amide bonds. The number of aliphatic hydroxyl groups is 1. The largest absolute Gasteiger partial charge is 0.395 e. The Bertz CT molecular complexity index is 1020. The van der Waals surface area contributed by atoms with Crippen LogP contribution in [0.2, 0.25) is 0 Å². The van der Waals surface area contributed by atoms with E-state index in [4.69, 9.17) is 5.11 Å². The van der Waals surface area contributed by atoms with Gasteiger partial charge in [0.2, 0.25) is 5.91 Å². The summed E-state index contributed by atoms with van der Waals surface area (Å²) < 4.78 is 27.8. The van der Waals surface area contributed by atoms with E-state index >= 15 is 0 Å². The molecule has 10 nitrogen and oxygen atoms in total. The summed E-state index contributed by atoms with van der Waals surface area (Å²) >= 11 is 0. The minimum absolute atomic E-state index is 0.0210. The molecule has 4 N–H and O–H groups in total. The molecule has 0 radical (unpaired) electrons. The number of carbonyl (C=O) groups excluding carboxylic acids is 1. The first kappa shape index (κ1) is 18.6. The zero-order valence-corrected chi connectivity index (χ0v) is 14.7. The van der Waals surface area contributed by atoms with Crippen LogP contribution >= 0.6 is 0 Å². The van der Waals surface area contributed by atoms with Crippen molar-refractivity contribution in [1.82, 2.24) is 0 Å². The normalized spacial score (nSPS) is 13.0. The molecule has 0 fully saturated rings. The zero-order valence-electron chi connectivity index (χ0n) is 13.9. The Labute approximate surface area is 154 Å². The first-order valence-corrected chi connectivity index (χ1v) is 9.37. The molecule has 0 unspecified atom stereocenters. The fraction of sp³-hybridized carbons (Fsp3) is 0.188. The van der Waals surface area contributed by atoms with Crippen molar-refractivity contribution in [2.45, 2.75) is 11.3 Å². The lowest BCUT2D eigenvalue weighted by atomic mass is 10.2. The molecule has 11 heteroatoms. The van der Waals surface area contributed by atoms with E-state index in [1.807, 2.05) is 0 Å². The average Bonchev–Trinajstić information content (AvgIpc) is 2.99. The highest BCUT2D eigenvalue weighted by Gasteiger charge is 2.23. The number of sulfonamides is 1. The van der Waals surface area contributed by atoms with Crippen molar-refractivity contribution in [2.75, 3.05) is 28.5 Å². The van der Waals surface area contributed by atoms with Gasteiger partial charge in [0.15, 0.2) is 0 Å². The predicted molar refractivity (Wildman–Crippen MR) is 98.3 cm³/mol. The summed E-state index contributed by atoms with van der Waals surface area (Å²) in [5, 5.41) is 25.4. The summed E-state index contributed by atoms with van der Waals surface area (Å²) in [7, 11) is -4.06. The number of hydrogen-bond donors (Lipinski definition) is 4. The number of nitrogens with one attached hydrogen (secondary N) is 3. The Morgan fingerprint density at radius 1 is 1.19 bits per heavy atom. The minimum Gasteiger partial charge on any atom is -0.395 e. The highest BCUT2D eigenvalue weighted by Crippen LogP contribution is 2.31. The van der Waals surface area contributed by atoms with Crippen molar-refractivity contribution in [1.29, 1.82) is 0 Å². The van der Waals surface area contributed by atoms with Crippen molar-refractivity contribution in [3.8, 4) is 0 Å². The van der Waals surface area contributed by atoms with Gasteiger partial charge in [-0.15, -0.1) is 0 Å². The molecule has 3 rings (SSSR count). The third-order valence-corrected chi connectivity index (χ3v) is 5.26. The predicted octanol–water partition coefficient (Wildman–Crippen LogP) is 1.29.